The summed E-state index contributed by atoms with van der Waals surface area (Å²) in [4.78, 5) is 12.1. The smallest absolute Gasteiger partial charge is 0.253 e. The van der Waals surface area contributed by atoms with Gasteiger partial charge in [-0.25, -0.2) is 0 Å². The van der Waals surface area contributed by atoms with Gasteiger partial charge in [0.1, 0.15) is 17.6 Å². The van der Waals surface area contributed by atoms with Crippen molar-refractivity contribution in [3.8, 4) is 11.5 Å². The molecule has 0 radical (unpaired) electrons. The normalized spacial score (nSPS) is 11.8. The summed E-state index contributed by atoms with van der Waals surface area (Å²) in [5.74, 6) is 0.406. The van der Waals surface area contributed by atoms with Gasteiger partial charge in [0, 0.05) is 5.69 Å². The third kappa shape index (κ3) is 4.87. The summed E-state index contributed by atoms with van der Waals surface area (Å²) in [6.07, 6.45) is -0.645. The highest BCUT2D eigenvalue weighted by Gasteiger charge is 2.14. The summed E-state index contributed by atoms with van der Waals surface area (Å²) in [6.45, 7) is 1.96. The zero-order chi connectivity index (χ0) is 16.8. The van der Waals surface area contributed by atoms with Crippen molar-refractivity contribution >= 4 is 23.2 Å². The molecule has 1 amide bonds. The van der Waals surface area contributed by atoms with E-state index in [0.29, 0.717) is 12.3 Å². The number of halogens is 1. The zero-order valence-corrected chi connectivity index (χ0v) is 13.6. The van der Waals surface area contributed by atoms with Gasteiger partial charge in [-0.05, 0) is 42.8 Å². The lowest BCUT2D eigenvalue weighted by Crippen LogP contribution is -2.27. The number of rotatable bonds is 6. The maximum absolute atomic E-state index is 12.1. The number of aromatic hydroxyl groups is 1. The van der Waals surface area contributed by atoms with E-state index in [0.717, 1.165) is 11.3 Å². The van der Waals surface area contributed by atoms with Crippen molar-refractivity contribution in [1.82, 2.24) is 0 Å². The maximum atomic E-state index is 12.1. The van der Waals surface area contributed by atoms with Crippen LogP contribution in [0.1, 0.15) is 12.5 Å². The molecule has 5 nitrogen and oxygen atoms in total. The Kier molecular flexibility index (Phi) is 5.84. The number of benzene rings is 2. The van der Waals surface area contributed by atoms with Crippen LogP contribution in [0.2, 0.25) is 5.02 Å². The van der Waals surface area contributed by atoms with Crippen LogP contribution in [-0.2, 0) is 16.1 Å². The summed E-state index contributed by atoms with van der Waals surface area (Å²) in [7, 11) is 1.60. The van der Waals surface area contributed by atoms with Gasteiger partial charge < -0.3 is 19.9 Å². The largest absolute Gasteiger partial charge is 0.506 e. The van der Waals surface area contributed by atoms with Crippen LogP contribution in [0.3, 0.4) is 0 Å². The van der Waals surface area contributed by atoms with E-state index in [9.17, 15) is 9.90 Å². The first-order valence-corrected chi connectivity index (χ1v) is 7.41. The number of carbonyl (C=O) groups is 1. The van der Waals surface area contributed by atoms with E-state index in [1.54, 1.807) is 20.1 Å². The third-order valence-corrected chi connectivity index (χ3v) is 3.52. The molecule has 0 aliphatic carbocycles. The molecular formula is C17H18ClNO4. The Hall–Kier alpha value is -2.24. The highest BCUT2D eigenvalue weighted by atomic mass is 35.5. The van der Waals surface area contributed by atoms with Gasteiger partial charge in [-0.3, -0.25) is 4.79 Å². The Morgan fingerprint density at radius 2 is 2.09 bits per heavy atom. The van der Waals surface area contributed by atoms with E-state index in [1.807, 2.05) is 24.3 Å². The predicted octanol–water partition coefficient (Wildman–Crippen LogP) is 3.60. The van der Waals surface area contributed by atoms with E-state index < -0.39 is 6.10 Å². The molecule has 2 N–H and O–H groups in total. The van der Waals surface area contributed by atoms with Crippen LogP contribution in [0.15, 0.2) is 42.5 Å². The van der Waals surface area contributed by atoms with Crippen LogP contribution in [0.25, 0.3) is 0 Å². The molecule has 1 atom stereocenters. The molecular weight excluding hydrogens is 318 g/mol. The molecule has 0 aliphatic heterocycles. The Morgan fingerprint density at radius 3 is 2.78 bits per heavy atom. The number of methoxy groups -OCH3 is 1. The first-order valence-electron chi connectivity index (χ1n) is 7.03. The van der Waals surface area contributed by atoms with Crippen molar-refractivity contribution in [2.75, 3.05) is 12.4 Å². The molecule has 0 fully saturated rings. The minimum Gasteiger partial charge on any atom is -0.506 e. The van der Waals surface area contributed by atoms with E-state index in [1.165, 1.54) is 12.1 Å². The number of phenols is 1. The zero-order valence-electron chi connectivity index (χ0n) is 12.9. The topological polar surface area (TPSA) is 67.8 Å². The Bertz CT molecular complexity index is 690. The van der Waals surface area contributed by atoms with E-state index in [4.69, 9.17) is 21.1 Å². The standard InChI is InChI=1S/C17H18ClNO4/c1-11(23-10-12-4-3-5-14(8-12)22-2)17(21)19-13-6-7-16(20)15(18)9-13/h3-9,11,20H,10H2,1-2H3,(H,19,21)/t11-/m0/s1. The molecule has 6 heteroatoms. The molecule has 0 aliphatic rings. The fourth-order valence-corrected chi connectivity index (χ4v) is 2.07. The molecule has 0 bridgehead atoms. The van der Waals surface area contributed by atoms with Crippen LogP contribution in [0, 0.1) is 0 Å². The van der Waals surface area contributed by atoms with Gasteiger partial charge in [0.2, 0.25) is 0 Å². The fraction of sp³-hybridized carbons (Fsp3) is 0.235. The Labute approximate surface area is 139 Å². The number of ether oxygens (including phenoxy) is 2. The molecule has 23 heavy (non-hydrogen) atoms. The summed E-state index contributed by atoms with van der Waals surface area (Å²) in [5, 5.41) is 12.2. The summed E-state index contributed by atoms with van der Waals surface area (Å²) in [6, 6.07) is 11.9. The van der Waals surface area contributed by atoms with Crippen molar-refractivity contribution in [1.29, 1.82) is 0 Å². The van der Waals surface area contributed by atoms with E-state index in [2.05, 4.69) is 5.32 Å². The van der Waals surface area contributed by atoms with Crippen LogP contribution in [-0.4, -0.2) is 24.2 Å². The summed E-state index contributed by atoms with van der Waals surface area (Å²) < 4.78 is 10.7. The summed E-state index contributed by atoms with van der Waals surface area (Å²) >= 11 is 5.80. The number of carbonyl (C=O) groups excluding carboxylic acids is 1. The number of anilines is 1. The average molecular weight is 336 g/mol. The molecule has 0 spiro atoms. The molecule has 122 valence electrons. The van der Waals surface area contributed by atoms with Crippen LogP contribution < -0.4 is 10.1 Å². The van der Waals surface area contributed by atoms with Gasteiger partial charge in [0.25, 0.3) is 5.91 Å². The van der Waals surface area contributed by atoms with Crippen molar-refractivity contribution in [3.63, 3.8) is 0 Å². The van der Waals surface area contributed by atoms with Crippen LogP contribution >= 0.6 is 11.6 Å². The Balaban J connectivity index is 1.90. The number of hydrogen-bond acceptors (Lipinski definition) is 4. The molecule has 0 saturated heterocycles. The number of hydrogen-bond donors (Lipinski definition) is 2. The molecule has 2 aromatic carbocycles. The number of nitrogens with one attached hydrogen (secondary N) is 1. The highest BCUT2D eigenvalue weighted by molar-refractivity contribution is 6.32. The monoisotopic (exact) mass is 335 g/mol. The molecule has 0 unspecified atom stereocenters. The van der Waals surface area contributed by atoms with Gasteiger partial charge in [-0.15, -0.1) is 0 Å². The predicted molar refractivity (Wildman–Crippen MR) is 89.0 cm³/mol. The van der Waals surface area contributed by atoms with Crippen molar-refractivity contribution in [2.45, 2.75) is 19.6 Å². The van der Waals surface area contributed by atoms with E-state index >= 15 is 0 Å². The average Bonchev–Trinajstić information content (AvgIpc) is 2.56. The quantitative estimate of drug-likeness (QED) is 0.791. The molecule has 0 aromatic heterocycles. The molecule has 2 rings (SSSR count). The summed E-state index contributed by atoms with van der Waals surface area (Å²) in [5.41, 5.74) is 1.41. The highest BCUT2D eigenvalue weighted by Crippen LogP contribution is 2.26. The molecule has 0 saturated carbocycles. The maximum Gasteiger partial charge on any atom is 0.253 e. The second kappa shape index (κ2) is 7.85. The van der Waals surface area contributed by atoms with Crippen LogP contribution in [0.4, 0.5) is 5.69 Å². The van der Waals surface area contributed by atoms with E-state index in [-0.39, 0.29) is 16.7 Å². The lowest BCUT2D eigenvalue weighted by Gasteiger charge is -2.14. The van der Waals surface area contributed by atoms with Crippen molar-refractivity contribution in [2.24, 2.45) is 0 Å². The Morgan fingerprint density at radius 1 is 1.30 bits per heavy atom. The number of amides is 1. The second-order valence-corrected chi connectivity index (χ2v) is 5.37. The van der Waals surface area contributed by atoms with Crippen LogP contribution in [0.5, 0.6) is 11.5 Å². The first-order chi connectivity index (χ1) is 11.0. The lowest BCUT2D eigenvalue weighted by atomic mass is 10.2. The fourth-order valence-electron chi connectivity index (χ4n) is 1.89. The van der Waals surface area contributed by atoms with Gasteiger partial charge in [0.15, 0.2) is 0 Å². The first kappa shape index (κ1) is 17.1. The van der Waals surface area contributed by atoms with Gasteiger partial charge in [0.05, 0.1) is 18.7 Å². The minimum absolute atomic E-state index is 0.0352. The van der Waals surface area contributed by atoms with Crippen molar-refractivity contribution < 1.29 is 19.4 Å². The van der Waals surface area contributed by atoms with Gasteiger partial charge >= 0.3 is 0 Å². The lowest BCUT2D eigenvalue weighted by molar-refractivity contribution is -0.127. The minimum atomic E-state index is -0.645. The SMILES string of the molecule is COc1cccc(CO[C@@H](C)C(=O)Nc2ccc(O)c(Cl)c2)c1. The van der Waals surface area contributed by atoms with Gasteiger partial charge in [-0.1, -0.05) is 23.7 Å². The second-order valence-electron chi connectivity index (χ2n) is 4.96. The number of phenolic OH excluding ortho intramolecular Hbond substituents is 1. The molecule has 2 aromatic rings. The third-order valence-electron chi connectivity index (χ3n) is 3.22. The van der Waals surface area contributed by atoms with Crippen molar-refractivity contribution in [3.05, 3.63) is 53.1 Å². The van der Waals surface area contributed by atoms with Gasteiger partial charge in [-0.2, -0.15) is 0 Å². The molecule has 0 heterocycles.